The molecule has 29 heavy (non-hydrogen) atoms. The van der Waals surface area contributed by atoms with Crippen LogP contribution in [0.4, 0.5) is 4.79 Å². The Hall–Kier alpha value is -2.82. The van der Waals surface area contributed by atoms with E-state index in [1.54, 1.807) is 0 Å². The van der Waals surface area contributed by atoms with Crippen molar-refractivity contribution >= 4 is 12.0 Å². The van der Waals surface area contributed by atoms with Gasteiger partial charge in [-0.2, -0.15) is 0 Å². The largest absolute Gasteiger partial charge is 0.441 e. The Morgan fingerprint density at radius 2 is 1.55 bits per heavy atom. The van der Waals surface area contributed by atoms with E-state index in [9.17, 15) is 9.59 Å². The first kappa shape index (κ1) is 19.5. The molecule has 1 saturated carbocycles. The first-order valence-electron chi connectivity index (χ1n) is 10.4. The van der Waals surface area contributed by atoms with Gasteiger partial charge in [-0.05, 0) is 57.2 Å². The molecular formula is C24H28N2O3. The van der Waals surface area contributed by atoms with Gasteiger partial charge in [0.05, 0.1) is 6.04 Å². The number of hydrogen-bond acceptors (Lipinski definition) is 3. The van der Waals surface area contributed by atoms with Gasteiger partial charge in [-0.1, -0.05) is 48.5 Å². The number of amides is 2. The molecule has 1 atom stereocenters. The van der Waals surface area contributed by atoms with E-state index in [0.717, 1.165) is 31.2 Å². The highest BCUT2D eigenvalue weighted by molar-refractivity contribution is 5.94. The molecule has 2 aromatic carbocycles. The van der Waals surface area contributed by atoms with Crippen molar-refractivity contribution in [2.45, 2.75) is 63.3 Å². The first-order valence-corrected chi connectivity index (χ1v) is 10.4. The Balaban J connectivity index is 1.43. The molecule has 1 N–H and O–H groups in total. The molecule has 0 spiro atoms. The van der Waals surface area contributed by atoms with Crippen LogP contribution in [0.5, 0.6) is 0 Å². The van der Waals surface area contributed by atoms with Crippen molar-refractivity contribution in [3.8, 4) is 0 Å². The second-order valence-corrected chi connectivity index (χ2v) is 8.54. The van der Waals surface area contributed by atoms with Crippen LogP contribution in [0.15, 0.2) is 60.7 Å². The summed E-state index contributed by atoms with van der Waals surface area (Å²) in [6.07, 6.45) is 3.19. The van der Waals surface area contributed by atoms with Crippen LogP contribution >= 0.6 is 0 Å². The van der Waals surface area contributed by atoms with Gasteiger partial charge in [-0.3, -0.25) is 9.69 Å². The Morgan fingerprint density at radius 1 is 0.966 bits per heavy atom. The Labute approximate surface area is 172 Å². The zero-order chi connectivity index (χ0) is 20.4. The van der Waals surface area contributed by atoms with E-state index in [0.29, 0.717) is 5.56 Å². The minimum absolute atomic E-state index is 0.0297. The highest BCUT2D eigenvalue weighted by atomic mass is 16.6. The number of rotatable bonds is 4. The maximum Gasteiger partial charge on any atom is 0.411 e. The van der Waals surface area contributed by atoms with Crippen molar-refractivity contribution in [1.82, 2.24) is 10.2 Å². The van der Waals surface area contributed by atoms with Crippen molar-refractivity contribution in [1.29, 1.82) is 0 Å². The van der Waals surface area contributed by atoms with Gasteiger partial charge in [0.25, 0.3) is 5.91 Å². The SMILES string of the molecule is CC1(C)OC(=O)N(C2CCC(NC(=O)c3ccccc3)CC2)[C@H]1c1ccccc1. The lowest BCUT2D eigenvalue weighted by Crippen LogP contribution is -2.46. The standard InChI is InChI=1S/C24H28N2O3/c1-24(2)21(17-9-5-3-6-10-17)26(23(28)29-24)20-15-13-19(14-16-20)25-22(27)18-11-7-4-8-12-18/h3-12,19-21H,13-16H2,1-2H3,(H,25,27)/t19?,20?,21-/m0/s1. The molecule has 5 nitrogen and oxygen atoms in total. The maximum atomic E-state index is 12.8. The van der Waals surface area contributed by atoms with Crippen LogP contribution in [-0.4, -0.2) is 34.6 Å². The van der Waals surface area contributed by atoms with Crippen molar-refractivity contribution < 1.29 is 14.3 Å². The number of carbonyl (C=O) groups is 2. The number of cyclic esters (lactones) is 1. The lowest BCUT2D eigenvalue weighted by molar-refractivity contribution is 0.0663. The second kappa shape index (κ2) is 7.90. The molecule has 5 heteroatoms. The molecule has 2 aliphatic rings. The fraction of sp³-hybridized carbons (Fsp3) is 0.417. The van der Waals surface area contributed by atoms with E-state index >= 15 is 0 Å². The van der Waals surface area contributed by atoms with E-state index in [4.69, 9.17) is 4.74 Å². The third-order valence-corrected chi connectivity index (χ3v) is 6.07. The number of ether oxygens (including phenoxy) is 1. The summed E-state index contributed by atoms with van der Waals surface area (Å²) < 4.78 is 5.75. The summed E-state index contributed by atoms with van der Waals surface area (Å²) in [5, 5.41) is 3.14. The monoisotopic (exact) mass is 392 g/mol. The second-order valence-electron chi connectivity index (χ2n) is 8.54. The third-order valence-electron chi connectivity index (χ3n) is 6.07. The summed E-state index contributed by atoms with van der Waals surface area (Å²) >= 11 is 0. The van der Waals surface area contributed by atoms with Crippen LogP contribution in [0.1, 0.15) is 61.5 Å². The molecule has 2 fully saturated rings. The van der Waals surface area contributed by atoms with Gasteiger partial charge >= 0.3 is 6.09 Å². The summed E-state index contributed by atoms with van der Waals surface area (Å²) in [5.74, 6) is -0.0297. The summed E-state index contributed by atoms with van der Waals surface area (Å²) in [6, 6.07) is 19.6. The predicted molar refractivity (Wildman–Crippen MR) is 112 cm³/mol. The Kier molecular flexibility index (Phi) is 5.31. The summed E-state index contributed by atoms with van der Waals surface area (Å²) in [6.45, 7) is 3.96. The van der Waals surface area contributed by atoms with E-state index < -0.39 is 5.60 Å². The van der Waals surface area contributed by atoms with Crippen LogP contribution in [0.2, 0.25) is 0 Å². The summed E-state index contributed by atoms with van der Waals surface area (Å²) in [5.41, 5.74) is 1.21. The van der Waals surface area contributed by atoms with Crippen molar-refractivity contribution in [3.05, 3.63) is 71.8 Å². The number of carbonyl (C=O) groups excluding carboxylic acids is 2. The zero-order valence-corrected chi connectivity index (χ0v) is 17.0. The molecule has 1 aliphatic heterocycles. The normalized spacial score (nSPS) is 26.1. The van der Waals surface area contributed by atoms with Crippen LogP contribution in [0.25, 0.3) is 0 Å². The highest BCUT2D eigenvalue weighted by Gasteiger charge is 2.51. The highest BCUT2D eigenvalue weighted by Crippen LogP contribution is 2.44. The number of hydrogen-bond donors (Lipinski definition) is 1. The van der Waals surface area contributed by atoms with Crippen LogP contribution in [0.3, 0.4) is 0 Å². The van der Waals surface area contributed by atoms with E-state index in [1.807, 2.05) is 67.3 Å². The van der Waals surface area contributed by atoms with Gasteiger partial charge < -0.3 is 10.1 Å². The van der Waals surface area contributed by atoms with Crippen molar-refractivity contribution in [2.24, 2.45) is 0 Å². The summed E-state index contributed by atoms with van der Waals surface area (Å²) in [4.78, 5) is 27.1. The molecule has 2 aromatic rings. The Morgan fingerprint density at radius 3 is 2.17 bits per heavy atom. The number of nitrogens with zero attached hydrogens (tertiary/aromatic N) is 1. The van der Waals surface area contributed by atoms with Crippen molar-refractivity contribution in [3.63, 3.8) is 0 Å². The average Bonchev–Trinajstić information content (AvgIpc) is 2.98. The molecule has 0 bridgehead atoms. The molecule has 2 amide bonds. The molecule has 0 radical (unpaired) electrons. The van der Waals surface area contributed by atoms with Gasteiger partial charge in [0.1, 0.15) is 5.60 Å². The zero-order valence-electron chi connectivity index (χ0n) is 17.0. The Bertz CT molecular complexity index is 858. The fourth-order valence-electron chi connectivity index (χ4n) is 4.69. The molecule has 0 aromatic heterocycles. The predicted octanol–water partition coefficient (Wildman–Crippen LogP) is 4.70. The lowest BCUT2D eigenvalue weighted by Gasteiger charge is -2.38. The molecule has 1 saturated heterocycles. The molecule has 4 rings (SSSR count). The number of nitrogens with one attached hydrogen (secondary N) is 1. The van der Waals surface area contributed by atoms with Crippen molar-refractivity contribution in [2.75, 3.05) is 0 Å². The first-order chi connectivity index (χ1) is 14.0. The van der Waals surface area contributed by atoms with Gasteiger partial charge in [-0.15, -0.1) is 0 Å². The van der Waals surface area contributed by atoms with Gasteiger partial charge in [0.2, 0.25) is 0 Å². The van der Waals surface area contributed by atoms with Crippen LogP contribution < -0.4 is 5.32 Å². The van der Waals surface area contributed by atoms with E-state index in [-0.39, 0.29) is 30.1 Å². The van der Waals surface area contributed by atoms with Gasteiger partial charge in [0.15, 0.2) is 0 Å². The minimum Gasteiger partial charge on any atom is -0.441 e. The third kappa shape index (κ3) is 4.00. The van der Waals surface area contributed by atoms with Gasteiger partial charge in [-0.25, -0.2) is 4.79 Å². The quantitative estimate of drug-likeness (QED) is 0.820. The average molecular weight is 392 g/mol. The molecule has 0 unspecified atom stereocenters. The maximum absolute atomic E-state index is 12.8. The molecule has 1 heterocycles. The lowest BCUT2D eigenvalue weighted by atomic mass is 9.86. The van der Waals surface area contributed by atoms with Crippen LogP contribution in [0, 0.1) is 0 Å². The fourth-order valence-corrected chi connectivity index (χ4v) is 4.69. The minimum atomic E-state index is -0.573. The van der Waals surface area contributed by atoms with E-state index in [2.05, 4.69) is 17.4 Å². The van der Waals surface area contributed by atoms with Crippen LogP contribution in [-0.2, 0) is 4.74 Å². The topological polar surface area (TPSA) is 58.6 Å². The van der Waals surface area contributed by atoms with Gasteiger partial charge in [0, 0.05) is 17.6 Å². The summed E-state index contributed by atoms with van der Waals surface area (Å²) in [7, 11) is 0. The molecular weight excluding hydrogens is 364 g/mol. The molecule has 1 aliphatic carbocycles. The van der Waals surface area contributed by atoms with E-state index in [1.165, 1.54) is 0 Å². The molecule has 152 valence electrons. The smallest absolute Gasteiger partial charge is 0.411 e. The number of benzene rings is 2.